The van der Waals surface area contributed by atoms with Gasteiger partial charge >= 0.3 is 0 Å². The minimum absolute atomic E-state index is 0.797. The van der Waals surface area contributed by atoms with Crippen LogP contribution in [0.3, 0.4) is 0 Å². The fourth-order valence-electron chi connectivity index (χ4n) is 3.46. The molecule has 0 aliphatic carbocycles. The normalized spacial score (nSPS) is 36.0. The molecule has 0 bridgehead atoms. The van der Waals surface area contributed by atoms with E-state index in [1.54, 1.807) is 0 Å². The van der Waals surface area contributed by atoms with Gasteiger partial charge in [-0.15, -0.1) is 0 Å². The van der Waals surface area contributed by atoms with Crippen LogP contribution >= 0.6 is 11.8 Å². The zero-order valence-corrected chi connectivity index (χ0v) is 12.3. The van der Waals surface area contributed by atoms with Gasteiger partial charge in [-0.1, -0.05) is 19.8 Å². The highest BCUT2D eigenvalue weighted by Crippen LogP contribution is 2.26. The molecule has 0 aromatic carbocycles. The first-order valence-electron chi connectivity index (χ1n) is 7.32. The molecule has 3 atom stereocenters. The number of thioether (sulfide) groups is 1. The maximum atomic E-state index is 3.56. The van der Waals surface area contributed by atoms with Crippen LogP contribution < -0.4 is 5.32 Å². The smallest absolute Gasteiger partial charge is 0.0351 e. The Balaban J connectivity index is 1.85. The second-order valence-corrected chi connectivity index (χ2v) is 6.70. The first kappa shape index (κ1) is 13.7. The number of hydrogen-bond acceptors (Lipinski definition) is 3. The minimum Gasteiger partial charge on any atom is -0.314 e. The molecular formula is C14H28N2S. The van der Waals surface area contributed by atoms with E-state index in [0.29, 0.717) is 0 Å². The van der Waals surface area contributed by atoms with Gasteiger partial charge in [0.1, 0.15) is 0 Å². The van der Waals surface area contributed by atoms with Gasteiger partial charge < -0.3 is 5.32 Å². The Hall–Kier alpha value is 0.270. The van der Waals surface area contributed by atoms with Gasteiger partial charge in [-0.3, -0.25) is 4.90 Å². The molecule has 2 aliphatic heterocycles. The number of rotatable bonds is 4. The number of hydrogen-bond donors (Lipinski definition) is 1. The summed E-state index contributed by atoms with van der Waals surface area (Å²) >= 11 is 2.05. The van der Waals surface area contributed by atoms with Crippen LogP contribution in [-0.4, -0.2) is 48.6 Å². The summed E-state index contributed by atoms with van der Waals surface area (Å²) in [5, 5.41) is 4.38. The zero-order valence-electron chi connectivity index (χ0n) is 11.5. The molecule has 0 radical (unpaired) electrons. The predicted octanol–water partition coefficient (Wildman–Crippen LogP) is 2.59. The van der Waals surface area contributed by atoms with Crippen LogP contribution in [0.25, 0.3) is 0 Å². The third-order valence-corrected chi connectivity index (χ3v) is 5.57. The Bertz CT molecular complexity index is 222. The van der Waals surface area contributed by atoms with E-state index in [1.165, 1.54) is 58.3 Å². The number of nitrogens with zero attached hydrogens (tertiary/aromatic N) is 1. The van der Waals surface area contributed by atoms with E-state index in [2.05, 4.69) is 23.4 Å². The predicted molar refractivity (Wildman–Crippen MR) is 77.8 cm³/mol. The van der Waals surface area contributed by atoms with Crippen LogP contribution in [0.2, 0.25) is 0 Å². The van der Waals surface area contributed by atoms with Crippen LogP contribution in [0, 0.1) is 5.92 Å². The molecule has 3 heteroatoms. The molecule has 2 nitrogen and oxygen atoms in total. The maximum absolute atomic E-state index is 3.56. The van der Waals surface area contributed by atoms with Crippen molar-refractivity contribution in [2.45, 2.75) is 50.3 Å². The Labute approximate surface area is 111 Å². The second kappa shape index (κ2) is 7.01. The van der Waals surface area contributed by atoms with Gasteiger partial charge in [0.2, 0.25) is 0 Å². The third kappa shape index (κ3) is 3.62. The Morgan fingerprint density at radius 2 is 2.12 bits per heavy atom. The minimum atomic E-state index is 0.797. The van der Waals surface area contributed by atoms with E-state index >= 15 is 0 Å². The van der Waals surface area contributed by atoms with Crippen molar-refractivity contribution in [2.75, 3.05) is 32.4 Å². The highest BCUT2D eigenvalue weighted by molar-refractivity contribution is 7.99. The van der Waals surface area contributed by atoms with E-state index in [-0.39, 0.29) is 0 Å². The summed E-state index contributed by atoms with van der Waals surface area (Å²) in [6.45, 7) is 7.43. The van der Waals surface area contributed by atoms with Crippen molar-refractivity contribution in [1.82, 2.24) is 10.2 Å². The van der Waals surface area contributed by atoms with Crippen LogP contribution in [0.4, 0.5) is 0 Å². The molecule has 0 amide bonds. The molecule has 1 N–H and O–H groups in total. The lowest BCUT2D eigenvalue weighted by Crippen LogP contribution is -2.42. The van der Waals surface area contributed by atoms with Crippen molar-refractivity contribution in [2.24, 2.45) is 5.92 Å². The SMILES string of the molecule is CCCC1CCCN(C2CNCC2SC)CC1. The highest BCUT2D eigenvalue weighted by Gasteiger charge is 2.32. The Morgan fingerprint density at radius 3 is 2.88 bits per heavy atom. The van der Waals surface area contributed by atoms with E-state index < -0.39 is 0 Å². The molecule has 2 aliphatic rings. The van der Waals surface area contributed by atoms with Crippen LogP contribution in [0.1, 0.15) is 39.0 Å². The van der Waals surface area contributed by atoms with E-state index in [4.69, 9.17) is 0 Å². The van der Waals surface area contributed by atoms with Crippen molar-refractivity contribution in [3.8, 4) is 0 Å². The van der Waals surface area contributed by atoms with Crippen molar-refractivity contribution < 1.29 is 0 Å². The lowest BCUT2D eigenvalue weighted by atomic mass is 9.96. The summed E-state index contributed by atoms with van der Waals surface area (Å²) in [7, 11) is 0. The standard InChI is InChI=1S/C14H28N2S/c1-3-5-12-6-4-8-16(9-7-12)13-10-15-11-14(13)17-2/h12-15H,3-11H2,1-2H3. The number of likely N-dealkylation sites (tertiary alicyclic amines) is 1. The van der Waals surface area contributed by atoms with Crippen molar-refractivity contribution >= 4 is 11.8 Å². The first-order valence-corrected chi connectivity index (χ1v) is 8.61. The van der Waals surface area contributed by atoms with Crippen LogP contribution in [0.15, 0.2) is 0 Å². The van der Waals surface area contributed by atoms with Crippen molar-refractivity contribution in [3.63, 3.8) is 0 Å². The van der Waals surface area contributed by atoms with Gasteiger partial charge in [-0.2, -0.15) is 11.8 Å². The van der Waals surface area contributed by atoms with Crippen molar-refractivity contribution in [3.05, 3.63) is 0 Å². The van der Waals surface area contributed by atoms with Crippen molar-refractivity contribution in [1.29, 1.82) is 0 Å². The van der Waals surface area contributed by atoms with Crippen LogP contribution in [0.5, 0.6) is 0 Å². The summed E-state index contributed by atoms with van der Waals surface area (Å²) in [4.78, 5) is 2.77. The molecule has 0 aromatic heterocycles. The fraction of sp³-hybridized carbons (Fsp3) is 1.00. The summed E-state index contributed by atoms with van der Waals surface area (Å²) in [5.74, 6) is 1.01. The van der Waals surface area contributed by atoms with Gasteiger partial charge in [0.25, 0.3) is 0 Å². The van der Waals surface area contributed by atoms with Gasteiger partial charge in [-0.05, 0) is 44.5 Å². The van der Waals surface area contributed by atoms with E-state index in [9.17, 15) is 0 Å². The maximum Gasteiger partial charge on any atom is 0.0351 e. The monoisotopic (exact) mass is 256 g/mol. The lowest BCUT2D eigenvalue weighted by Gasteiger charge is -2.30. The average molecular weight is 256 g/mol. The van der Waals surface area contributed by atoms with Gasteiger partial charge in [0, 0.05) is 24.4 Å². The molecule has 2 heterocycles. The summed E-state index contributed by atoms with van der Waals surface area (Å²) in [5.41, 5.74) is 0. The molecule has 0 aromatic rings. The molecule has 3 unspecified atom stereocenters. The largest absolute Gasteiger partial charge is 0.314 e. The van der Waals surface area contributed by atoms with E-state index in [0.717, 1.165) is 17.2 Å². The van der Waals surface area contributed by atoms with Crippen LogP contribution in [-0.2, 0) is 0 Å². The summed E-state index contributed by atoms with van der Waals surface area (Å²) < 4.78 is 0. The van der Waals surface area contributed by atoms with Gasteiger partial charge in [0.15, 0.2) is 0 Å². The molecule has 100 valence electrons. The first-order chi connectivity index (χ1) is 8.35. The molecule has 2 rings (SSSR count). The topological polar surface area (TPSA) is 15.3 Å². The molecule has 2 fully saturated rings. The number of nitrogens with one attached hydrogen (secondary N) is 1. The quantitative estimate of drug-likeness (QED) is 0.832. The molecule has 0 spiro atoms. The summed E-state index contributed by atoms with van der Waals surface area (Å²) in [6, 6.07) is 0.797. The van der Waals surface area contributed by atoms with Gasteiger partial charge in [0.05, 0.1) is 0 Å². The Kier molecular flexibility index (Phi) is 5.64. The summed E-state index contributed by atoms with van der Waals surface area (Å²) in [6.07, 6.45) is 9.40. The second-order valence-electron chi connectivity index (χ2n) is 5.62. The Morgan fingerprint density at radius 1 is 1.24 bits per heavy atom. The van der Waals surface area contributed by atoms with E-state index in [1.807, 2.05) is 11.8 Å². The molecule has 2 saturated heterocycles. The highest BCUT2D eigenvalue weighted by atomic mass is 32.2. The molecule has 17 heavy (non-hydrogen) atoms. The molecular weight excluding hydrogens is 228 g/mol. The third-order valence-electron chi connectivity index (χ3n) is 4.48. The molecule has 0 saturated carbocycles. The zero-order chi connectivity index (χ0) is 12.1. The lowest BCUT2D eigenvalue weighted by molar-refractivity contribution is 0.216. The van der Waals surface area contributed by atoms with Gasteiger partial charge in [-0.25, -0.2) is 0 Å². The fourth-order valence-corrected chi connectivity index (χ4v) is 4.33. The average Bonchev–Trinajstić information content (AvgIpc) is 2.70.